The fourth-order valence-corrected chi connectivity index (χ4v) is 1.74. The van der Waals surface area contributed by atoms with Crippen molar-refractivity contribution in [2.45, 2.75) is 20.5 Å². The number of allylic oxidation sites excluding steroid dienone is 2. The lowest BCUT2D eigenvalue weighted by atomic mass is 9.93. The Kier molecular flexibility index (Phi) is 6.00. The van der Waals surface area contributed by atoms with Gasteiger partial charge >= 0.3 is 0 Å². The molecule has 0 unspecified atom stereocenters. The van der Waals surface area contributed by atoms with Crippen LogP contribution in [0, 0.1) is 0 Å². The predicted molar refractivity (Wildman–Crippen MR) is 72.3 cm³/mol. The fraction of sp³-hybridized carbons (Fsp3) is 0.286. The lowest BCUT2D eigenvalue weighted by Gasteiger charge is -2.14. The van der Waals surface area contributed by atoms with Crippen LogP contribution in [0.1, 0.15) is 30.5 Å². The van der Waals surface area contributed by atoms with E-state index in [0.717, 1.165) is 16.7 Å². The summed E-state index contributed by atoms with van der Waals surface area (Å²) in [6.45, 7) is 12.6. The molecule has 0 bridgehead atoms. The minimum atomic E-state index is 0. The Morgan fingerprint density at radius 3 is 2.25 bits per heavy atom. The van der Waals surface area contributed by atoms with Gasteiger partial charge in [0.05, 0.1) is 6.61 Å². The van der Waals surface area contributed by atoms with E-state index in [4.69, 9.17) is 4.74 Å². The summed E-state index contributed by atoms with van der Waals surface area (Å²) >= 11 is 0. The smallest absolute Gasteiger partial charge is 0.0719 e. The number of benzene rings is 1. The van der Waals surface area contributed by atoms with Gasteiger partial charge in [-0.15, -0.1) is 0 Å². The first-order chi connectivity index (χ1) is 7.07. The molecule has 0 saturated heterocycles. The largest absolute Gasteiger partial charge is 0.380 e. The molecule has 0 atom stereocenters. The predicted octanol–water partition coefficient (Wildman–Crippen LogP) is 3.52. The van der Waals surface area contributed by atoms with E-state index in [-0.39, 0.29) is 11.0 Å². The van der Waals surface area contributed by atoms with Crippen molar-refractivity contribution >= 4 is 22.1 Å². The minimum absolute atomic E-state index is 0. The van der Waals surface area contributed by atoms with Crippen molar-refractivity contribution in [3.8, 4) is 0 Å². The molecule has 1 rings (SSSR count). The van der Waals surface area contributed by atoms with Gasteiger partial charge in [-0.05, 0) is 30.5 Å². The molecule has 0 amide bonds. The summed E-state index contributed by atoms with van der Waals surface area (Å²) in [5, 5.41) is 0. The van der Waals surface area contributed by atoms with Crippen LogP contribution in [-0.4, -0.2) is 18.1 Å². The highest BCUT2D eigenvalue weighted by molar-refractivity contribution is 5.78. The third-order valence-corrected chi connectivity index (χ3v) is 2.34. The molecule has 0 saturated carbocycles. The normalized spacial score (nSPS) is 9.44. The molecule has 0 fully saturated rings. The van der Waals surface area contributed by atoms with Crippen molar-refractivity contribution in [1.29, 1.82) is 0 Å². The zero-order valence-electron chi connectivity index (χ0n) is 10.3. The Hall–Kier alpha value is -1.12. The van der Waals surface area contributed by atoms with Gasteiger partial charge in [-0.3, -0.25) is 0 Å². The second kappa shape index (κ2) is 6.46. The maximum atomic E-state index is 5.18. The summed E-state index contributed by atoms with van der Waals surface area (Å²) in [7, 11) is 1.70. The molecule has 4 radical (unpaired) electrons. The Balaban J connectivity index is 0.00000225. The van der Waals surface area contributed by atoms with Gasteiger partial charge in [-0.25, -0.2) is 0 Å². The van der Waals surface area contributed by atoms with Gasteiger partial charge in [0.25, 0.3) is 0 Å². The second-order valence-electron chi connectivity index (χ2n) is 3.83. The van der Waals surface area contributed by atoms with Gasteiger partial charge in [0.15, 0.2) is 0 Å². The molecule has 0 N–H and O–H groups in total. The summed E-state index contributed by atoms with van der Waals surface area (Å²) in [5.41, 5.74) is 5.63. The third-order valence-electron chi connectivity index (χ3n) is 2.34. The Morgan fingerprint density at radius 1 is 1.19 bits per heavy atom. The SMILES string of the molecule is C=C(C)c1cccc(COC)c1C(=C)C.[Si]. The maximum Gasteiger partial charge on any atom is 0.0719 e. The van der Waals surface area contributed by atoms with Gasteiger partial charge < -0.3 is 4.74 Å². The quantitative estimate of drug-likeness (QED) is 0.719. The van der Waals surface area contributed by atoms with Crippen LogP contribution in [0.2, 0.25) is 0 Å². The van der Waals surface area contributed by atoms with Crippen molar-refractivity contribution in [3.05, 3.63) is 48.0 Å². The highest BCUT2D eigenvalue weighted by Crippen LogP contribution is 2.27. The Bertz CT molecular complexity index is 394. The van der Waals surface area contributed by atoms with Crippen LogP contribution in [0.15, 0.2) is 31.4 Å². The molecule has 0 heterocycles. The summed E-state index contributed by atoms with van der Waals surface area (Å²) in [5.74, 6) is 0. The highest BCUT2D eigenvalue weighted by atomic mass is 28.1. The van der Waals surface area contributed by atoms with Crippen LogP contribution in [0.25, 0.3) is 11.1 Å². The van der Waals surface area contributed by atoms with E-state index in [0.29, 0.717) is 6.61 Å². The summed E-state index contributed by atoms with van der Waals surface area (Å²) in [6, 6.07) is 6.18. The van der Waals surface area contributed by atoms with Crippen LogP contribution in [0.5, 0.6) is 0 Å². The Morgan fingerprint density at radius 2 is 1.81 bits per heavy atom. The van der Waals surface area contributed by atoms with Crippen LogP contribution in [0.3, 0.4) is 0 Å². The van der Waals surface area contributed by atoms with E-state index in [1.807, 2.05) is 19.9 Å². The average Bonchev–Trinajstić information content (AvgIpc) is 2.17. The van der Waals surface area contributed by atoms with Crippen molar-refractivity contribution in [2.75, 3.05) is 7.11 Å². The lowest BCUT2D eigenvalue weighted by molar-refractivity contribution is 0.184. The average molecular weight is 230 g/mol. The molecular formula is C14H18OSi. The zero-order valence-corrected chi connectivity index (χ0v) is 11.3. The zero-order chi connectivity index (χ0) is 11.4. The van der Waals surface area contributed by atoms with Crippen molar-refractivity contribution in [2.24, 2.45) is 0 Å². The molecule has 2 heteroatoms. The van der Waals surface area contributed by atoms with Crippen molar-refractivity contribution in [1.82, 2.24) is 0 Å². The van der Waals surface area contributed by atoms with Gasteiger partial charge in [-0.2, -0.15) is 0 Å². The molecule has 0 aliphatic rings. The van der Waals surface area contributed by atoms with Gasteiger partial charge in [0.1, 0.15) is 0 Å². The standard InChI is InChI=1S/C14H18O.Si/c1-10(2)13-8-6-7-12(9-15-5)14(13)11(3)4;/h6-8H,1,3,9H2,2,4-5H3;. The molecule has 16 heavy (non-hydrogen) atoms. The Labute approximate surface area is 103 Å². The second-order valence-corrected chi connectivity index (χ2v) is 3.83. The number of hydrogen-bond acceptors (Lipinski definition) is 1. The number of methoxy groups -OCH3 is 1. The molecule has 1 nitrogen and oxygen atoms in total. The van der Waals surface area contributed by atoms with Gasteiger partial charge in [0, 0.05) is 18.1 Å². The molecule has 0 aromatic heterocycles. The first kappa shape index (κ1) is 14.9. The van der Waals surface area contributed by atoms with E-state index in [1.165, 1.54) is 11.1 Å². The number of hydrogen-bond donors (Lipinski definition) is 0. The molecule has 0 aliphatic heterocycles. The summed E-state index contributed by atoms with van der Waals surface area (Å²) in [6.07, 6.45) is 0. The first-order valence-corrected chi connectivity index (χ1v) is 5.00. The van der Waals surface area contributed by atoms with Crippen molar-refractivity contribution in [3.63, 3.8) is 0 Å². The highest BCUT2D eigenvalue weighted by Gasteiger charge is 2.08. The summed E-state index contributed by atoms with van der Waals surface area (Å²) in [4.78, 5) is 0. The molecule has 1 aromatic carbocycles. The van der Waals surface area contributed by atoms with E-state index in [2.05, 4.69) is 25.3 Å². The summed E-state index contributed by atoms with van der Waals surface area (Å²) < 4.78 is 5.18. The van der Waals surface area contributed by atoms with E-state index < -0.39 is 0 Å². The maximum absolute atomic E-state index is 5.18. The van der Waals surface area contributed by atoms with Crippen LogP contribution in [0.4, 0.5) is 0 Å². The minimum Gasteiger partial charge on any atom is -0.380 e. The van der Waals surface area contributed by atoms with E-state index in [1.54, 1.807) is 7.11 Å². The van der Waals surface area contributed by atoms with Crippen LogP contribution >= 0.6 is 0 Å². The van der Waals surface area contributed by atoms with E-state index >= 15 is 0 Å². The monoisotopic (exact) mass is 230 g/mol. The number of ether oxygens (including phenoxy) is 1. The molecule has 84 valence electrons. The van der Waals surface area contributed by atoms with Gasteiger partial charge in [-0.1, -0.05) is 42.5 Å². The molecule has 0 aliphatic carbocycles. The molecule has 0 spiro atoms. The molecule has 1 aromatic rings. The first-order valence-electron chi connectivity index (χ1n) is 5.00. The lowest BCUT2D eigenvalue weighted by Crippen LogP contribution is -1.98. The van der Waals surface area contributed by atoms with Gasteiger partial charge in [0.2, 0.25) is 0 Å². The third kappa shape index (κ3) is 3.19. The van der Waals surface area contributed by atoms with Crippen LogP contribution < -0.4 is 0 Å². The number of rotatable bonds is 4. The fourth-order valence-electron chi connectivity index (χ4n) is 1.74. The van der Waals surface area contributed by atoms with Crippen LogP contribution in [-0.2, 0) is 11.3 Å². The van der Waals surface area contributed by atoms with E-state index in [9.17, 15) is 0 Å². The topological polar surface area (TPSA) is 9.23 Å². The molecular weight excluding hydrogens is 212 g/mol. The van der Waals surface area contributed by atoms with Crippen molar-refractivity contribution < 1.29 is 4.74 Å².